The molecule has 2 aromatic heterocycles. The Hall–Kier alpha value is -2.27. The SMILES string of the molecule is O=C(CCCCCCc1ccccc1)c1nnc(-c2ccco2)s1. The standard InChI is InChI=1S/C19H20N2O2S/c22-16(18-20-21-19(24-18)17-13-8-14-23-17)12-7-2-1-4-9-15-10-5-3-6-11-15/h3,5-6,8,10-11,13-14H,1-2,4,7,9,12H2. The summed E-state index contributed by atoms with van der Waals surface area (Å²) in [5.74, 6) is 0.737. The molecule has 5 heteroatoms. The van der Waals surface area contributed by atoms with Crippen molar-refractivity contribution in [1.82, 2.24) is 10.2 Å². The van der Waals surface area contributed by atoms with Gasteiger partial charge < -0.3 is 4.42 Å². The van der Waals surface area contributed by atoms with Crippen LogP contribution < -0.4 is 0 Å². The monoisotopic (exact) mass is 340 g/mol. The van der Waals surface area contributed by atoms with E-state index >= 15 is 0 Å². The number of furan rings is 1. The molecule has 0 amide bonds. The van der Waals surface area contributed by atoms with E-state index in [0.29, 0.717) is 22.2 Å². The molecule has 0 bridgehead atoms. The normalized spacial score (nSPS) is 10.8. The predicted octanol–water partition coefficient (Wildman–Crippen LogP) is 5.17. The van der Waals surface area contributed by atoms with Gasteiger partial charge in [-0.25, -0.2) is 0 Å². The van der Waals surface area contributed by atoms with Gasteiger partial charge in [-0.15, -0.1) is 10.2 Å². The molecule has 0 radical (unpaired) electrons. The number of nitrogens with zero attached hydrogens (tertiary/aromatic N) is 2. The van der Waals surface area contributed by atoms with Gasteiger partial charge in [0.1, 0.15) is 0 Å². The number of ketones is 1. The molecular weight excluding hydrogens is 320 g/mol. The zero-order chi connectivity index (χ0) is 16.6. The van der Waals surface area contributed by atoms with Crippen molar-refractivity contribution in [2.75, 3.05) is 0 Å². The van der Waals surface area contributed by atoms with E-state index in [1.807, 2.05) is 12.1 Å². The fourth-order valence-electron chi connectivity index (χ4n) is 2.56. The number of carbonyl (C=O) groups is 1. The lowest BCUT2D eigenvalue weighted by molar-refractivity contribution is 0.0978. The average Bonchev–Trinajstić information content (AvgIpc) is 3.29. The van der Waals surface area contributed by atoms with E-state index in [-0.39, 0.29) is 5.78 Å². The highest BCUT2D eigenvalue weighted by atomic mass is 32.1. The quantitative estimate of drug-likeness (QED) is 0.398. The third kappa shape index (κ3) is 4.61. The highest BCUT2D eigenvalue weighted by molar-refractivity contribution is 7.16. The molecule has 0 aliphatic rings. The number of aromatic nitrogens is 2. The maximum absolute atomic E-state index is 12.2. The largest absolute Gasteiger partial charge is 0.462 e. The molecule has 3 rings (SSSR count). The van der Waals surface area contributed by atoms with Crippen molar-refractivity contribution < 1.29 is 9.21 Å². The third-order valence-corrected chi connectivity index (χ3v) is 4.84. The lowest BCUT2D eigenvalue weighted by Gasteiger charge is -2.01. The first-order valence-corrected chi connectivity index (χ1v) is 9.09. The van der Waals surface area contributed by atoms with Gasteiger partial charge in [0.15, 0.2) is 21.6 Å². The minimum absolute atomic E-state index is 0.0772. The van der Waals surface area contributed by atoms with Crippen molar-refractivity contribution in [1.29, 1.82) is 0 Å². The molecule has 0 unspecified atom stereocenters. The smallest absolute Gasteiger partial charge is 0.193 e. The van der Waals surface area contributed by atoms with Gasteiger partial charge in [-0.05, 0) is 37.0 Å². The second kappa shape index (κ2) is 8.55. The van der Waals surface area contributed by atoms with E-state index in [4.69, 9.17) is 4.42 Å². The van der Waals surface area contributed by atoms with Crippen molar-refractivity contribution in [2.24, 2.45) is 0 Å². The van der Waals surface area contributed by atoms with E-state index in [2.05, 4.69) is 34.5 Å². The number of aryl methyl sites for hydroxylation is 1. The van der Waals surface area contributed by atoms with Crippen LogP contribution in [-0.4, -0.2) is 16.0 Å². The van der Waals surface area contributed by atoms with Crippen molar-refractivity contribution in [3.8, 4) is 10.8 Å². The van der Waals surface area contributed by atoms with Gasteiger partial charge in [0.2, 0.25) is 0 Å². The fraction of sp³-hybridized carbons (Fsp3) is 0.316. The summed E-state index contributed by atoms with van der Waals surface area (Å²) in [5.41, 5.74) is 1.38. The number of rotatable bonds is 9. The summed E-state index contributed by atoms with van der Waals surface area (Å²) in [4.78, 5) is 12.2. The van der Waals surface area contributed by atoms with Gasteiger partial charge in [0.05, 0.1) is 6.26 Å². The number of benzene rings is 1. The maximum atomic E-state index is 12.2. The van der Waals surface area contributed by atoms with Crippen LogP contribution in [0.5, 0.6) is 0 Å². The second-order valence-electron chi connectivity index (χ2n) is 5.71. The molecule has 3 aromatic rings. The Morgan fingerprint density at radius 3 is 2.58 bits per heavy atom. The van der Waals surface area contributed by atoms with Crippen molar-refractivity contribution in [3.05, 3.63) is 59.3 Å². The second-order valence-corrected chi connectivity index (χ2v) is 6.69. The first kappa shape index (κ1) is 16.6. The number of hydrogen-bond acceptors (Lipinski definition) is 5. The maximum Gasteiger partial charge on any atom is 0.193 e. The van der Waals surface area contributed by atoms with Crippen LogP contribution in [0.1, 0.15) is 47.5 Å². The van der Waals surface area contributed by atoms with Crippen LogP contribution in [0.2, 0.25) is 0 Å². The molecule has 0 N–H and O–H groups in total. The summed E-state index contributed by atoms with van der Waals surface area (Å²) >= 11 is 1.30. The van der Waals surface area contributed by atoms with Gasteiger partial charge in [0.25, 0.3) is 0 Å². The molecule has 0 aliphatic carbocycles. The Bertz CT molecular complexity index is 751. The molecule has 1 aromatic carbocycles. The Morgan fingerprint density at radius 1 is 0.958 bits per heavy atom. The highest BCUT2D eigenvalue weighted by Gasteiger charge is 2.14. The molecule has 0 fully saturated rings. The van der Waals surface area contributed by atoms with E-state index in [1.54, 1.807) is 12.3 Å². The van der Waals surface area contributed by atoms with Crippen LogP contribution in [0.4, 0.5) is 0 Å². The average molecular weight is 340 g/mol. The predicted molar refractivity (Wildman–Crippen MR) is 95.2 cm³/mol. The highest BCUT2D eigenvalue weighted by Crippen LogP contribution is 2.24. The molecule has 0 saturated heterocycles. The lowest BCUT2D eigenvalue weighted by atomic mass is 10.0. The van der Waals surface area contributed by atoms with E-state index in [9.17, 15) is 4.79 Å². The van der Waals surface area contributed by atoms with Crippen LogP contribution in [0.3, 0.4) is 0 Å². The molecule has 2 heterocycles. The summed E-state index contributed by atoms with van der Waals surface area (Å²) < 4.78 is 5.27. The van der Waals surface area contributed by atoms with Crippen LogP contribution in [-0.2, 0) is 6.42 Å². The van der Waals surface area contributed by atoms with Gasteiger partial charge in [-0.2, -0.15) is 0 Å². The Kier molecular flexibility index (Phi) is 5.90. The summed E-state index contributed by atoms with van der Waals surface area (Å²) in [6, 6.07) is 14.1. The van der Waals surface area contributed by atoms with Gasteiger partial charge >= 0.3 is 0 Å². The zero-order valence-electron chi connectivity index (χ0n) is 13.5. The Morgan fingerprint density at radius 2 is 1.79 bits per heavy atom. The van der Waals surface area contributed by atoms with E-state index in [1.165, 1.54) is 23.3 Å². The number of Topliss-reactive ketones (excluding diaryl/α,β-unsaturated/α-hetero) is 1. The van der Waals surface area contributed by atoms with Crippen molar-refractivity contribution in [2.45, 2.75) is 38.5 Å². The van der Waals surface area contributed by atoms with Gasteiger partial charge in [-0.1, -0.05) is 54.5 Å². The molecule has 0 aliphatic heterocycles. The molecule has 0 spiro atoms. The van der Waals surface area contributed by atoms with Crippen LogP contribution in [0.15, 0.2) is 53.1 Å². The van der Waals surface area contributed by atoms with Crippen molar-refractivity contribution in [3.63, 3.8) is 0 Å². The topological polar surface area (TPSA) is 56.0 Å². The molecule has 24 heavy (non-hydrogen) atoms. The summed E-state index contributed by atoms with van der Waals surface area (Å²) in [6.45, 7) is 0. The van der Waals surface area contributed by atoms with Crippen LogP contribution in [0.25, 0.3) is 10.8 Å². The summed E-state index contributed by atoms with van der Waals surface area (Å²) in [7, 11) is 0. The minimum atomic E-state index is 0.0772. The molecule has 0 saturated carbocycles. The van der Waals surface area contributed by atoms with Crippen LogP contribution >= 0.6 is 11.3 Å². The summed E-state index contributed by atoms with van der Waals surface area (Å²) in [6.07, 6.45) is 7.53. The molecule has 4 nitrogen and oxygen atoms in total. The molecular formula is C19H20N2O2S. The minimum Gasteiger partial charge on any atom is -0.462 e. The number of hydrogen-bond donors (Lipinski definition) is 0. The fourth-order valence-corrected chi connectivity index (χ4v) is 3.33. The summed E-state index contributed by atoms with van der Waals surface area (Å²) in [5, 5.41) is 9.15. The van der Waals surface area contributed by atoms with Gasteiger partial charge in [0, 0.05) is 6.42 Å². The van der Waals surface area contributed by atoms with Gasteiger partial charge in [-0.3, -0.25) is 4.79 Å². The van der Waals surface area contributed by atoms with E-state index < -0.39 is 0 Å². The molecule has 124 valence electrons. The molecule has 0 atom stereocenters. The zero-order valence-corrected chi connectivity index (χ0v) is 14.3. The van der Waals surface area contributed by atoms with Crippen molar-refractivity contribution >= 4 is 17.1 Å². The first-order valence-electron chi connectivity index (χ1n) is 8.27. The van der Waals surface area contributed by atoms with Crippen LogP contribution in [0, 0.1) is 0 Å². The number of carbonyl (C=O) groups excluding carboxylic acids is 1. The van der Waals surface area contributed by atoms with E-state index in [0.717, 1.165) is 25.7 Å². The first-order chi connectivity index (χ1) is 11.8. The Balaban J connectivity index is 1.35. The number of unbranched alkanes of at least 4 members (excludes halogenated alkanes) is 3. The Labute approximate surface area is 145 Å². The third-order valence-electron chi connectivity index (χ3n) is 3.86. The lowest BCUT2D eigenvalue weighted by Crippen LogP contribution is -1.98.